The van der Waals surface area contributed by atoms with Gasteiger partial charge < -0.3 is 9.31 Å². The molecule has 122 valence electrons. The van der Waals surface area contributed by atoms with Crippen LogP contribution in [0, 0.1) is 0 Å². The van der Waals surface area contributed by atoms with Crippen molar-refractivity contribution in [3.8, 4) is 5.69 Å². The Labute approximate surface area is 142 Å². The van der Waals surface area contributed by atoms with E-state index in [1.807, 2.05) is 29.2 Å². The molecule has 4 rings (SSSR count). The summed E-state index contributed by atoms with van der Waals surface area (Å²) in [6.07, 6.45) is 3.80. The second-order valence-electron chi connectivity index (χ2n) is 7.34. The van der Waals surface area contributed by atoms with Crippen LogP contribution in [0.4, 0.5) is 0 Å². The minimum Gasteiger partial charge on any atom is -0.399 e. The molecule has 1 fully saturated rings. The fourth-order valence-corrected chi connectivity index (χ4v) is 2.90. The van der Waals surface area contributed by atoms with E-state index in [4.69, 9.17) is 9.31 Å². The van der Waals surface area contributed by atoms with Gasteiger partial charge in [-0.05, 0) is 50.6 Å². The lowest BCUT2D eigenvalue weighted by molar-refractivity contribution is 0.00578. The highest BCUT2D eigenvalue weighted by molar-refractivity contribution is 6.62. The highest BCUT2D eigenvalue weighted by Gasteiger charge is 2.52. The van der Waals surface area contributed by atoms with E-state index in [1.54, 1.807) is 0 Å². The topological polar surface area (TPSA) is 36.3 Å². The molecule has 0 saturated carbocycles. The Bertz CT molecular complexity index is 885. The van der Waals surface area contributed by atoms with Crippen molar-refractivity contribution in [1.29, 1.82) is 0 Å². The maximum Gasteiger partial charge on any atom is 0.498 e. The van der Waals surface area contributed by atoms with Crippen molar-refractivity contribution in [2.75, 3.05) is 0 Å². The zero-order chi connectivity index (χ0) is 16.9. The minimum atomic E-state index is -0.385. The zero-order valence-corrected chi connectivity index (χ0v) is 14.5. The first kappa shape index (κ1) is 15.4. The summed E-state index contributed by atoms with van der Waals surface area (Å²) in [6.45, 7) is 8.23. The van der Waals surface area contributed by atoms with E-state index in [-0.39, 0.29) is 18.3 Å². The highest BCUT2D eigenvalue weighted by atomic mass is 16.7. The van der Waals surface area contributed by atoms with Crippen LogP contribution in [0.3, 0.4) is 0 Å². The van der Waals surface area contributed by atoms with Crippen molar-refractivity contribution >= 4 is 23.4 Å². The van der Waals surface area contributed by atoms with Crippen LogP contribution in [0.25, 0.3) is 16.5 Å². The lowest BCUT2D eigenvalue weighted by Crippen LogP contribution is -2.41. The summed E-state index contributed by atoms with van der Waals surface area (Å²) >= 11 is 0. The van der Waals surface area contributed by atoms with E-state index >= 15 is 0 Å². The van der Waals surface area contributed by atoms with E-state index in [9.17, 15) is 0 Å². The molecular weight excluding hydrogens is 299 g/mol. The van der Waals surface area contributed by atoms with Crippen molar-refractivity contribution < 1.29 is 9.31 Å². The quantitative estimate of drug-likeness (QED) is 0.680. The molecular formula is C19H21BN2O2. The van der Waals surface area contributed by atoms with Gasteiger partial charge in [0.2, 0.25) is 0 Å². The third-order valence-electron chi connectivity index (χ3n) is 5.13. The van der Waals surface area contributed by atoms with E-state index in [2.05, 4.69) is 63.1 Å². The number of hydrogen-bond donors (Lipinski definition) is 0. The number of aromatic nitrogens is 2. The van der Waals surface area contributed by atoms with Gasteiger partial charge in [0.05, 0.1) is 16.9 Å². The fourth-order valence-electron chi connectivity index (χ4n) is 2.90. The zero-order valence-electron chi connectivity index (χ0n) is 14.5. The monoisotopic (exact) mass is 320 g/mol. The van der Waals surface area contributed by atoms with Crippen LogP contribution in [0.5, 0.6) is 0 Å². The van der Waals surface area contributed by atoms with Gasteiger partial charge in [-0.1, -0.05) is 30.3 Å². The summed E-state index contributed by atoms with van der Waals surface area (Å²) in [6, 6.07) is 14.6. The van der Waals surface area contributed by atoms with Crippen LogP contribution < -0.4 is 5.46 Å². The van der Waals surface area contributed by atoms with E-state index in [1.165, 1.54) is 10.8 Å². The molecule has 4 nitrogen and oxygen atoms in total. The molecule has 2 aromatic carbocycles. The Balaban J connectivity index is 1.65. The first-order valence-electron chi connectivity index (χ1n) is 8.25. The van der Waals surface area contributed by atoms with Gasteiger partial charge in [0.1, 0.15) is 0 Å². The summed E-state index contributed by atoms with van der Waals surface area (Å²) in [4.78, 5) is 0. The van der Waals surface area contributed by atoms with Crippen molar-refractivity contribution in [2.24, 2.45) is 0 Å². The van der Waals surface area contributed by atoms with Gasteiger partial charge in [-0.3, -0.25) is 0 Å². The summed E-state index contributed by atoms with van der Waals surface area (Å²) < 4.78 is 14.1. The summed E-state index contributed by atoms with van der Waals surface area (Å²) in [5.41, 5.74) is 1.27. The number of nitrogens with zero attached hydrogens (tertiary/aromatic N) is 2. The minimum absolute atomic E-state index is 0.345. The Hall–Kier alpha value is -2.11. The molecule has 0 N–H and O–H groups in total. The lowest BCUT2D eigenvalue weighted by Gasteiger charge is -2.32. The molecule has 24 heavy (non-hydrogen) atoms. The molecule has 1 aliphatic rings. The fraction of sp³-hybridized carbons (Fsp3) is 0.316. The Morgan fingerprint density at radius 1 is 0.917 bits per heavy atom. The van der Waals surface area contributed by atoms with E-state index in [0.29, 0.717) is 0 Å². The second kappa shape index (κ2) is 5.20. The Morgan fingerprint density at radius 2 is 1.58 bits per heavy atom. The molecule has 0 spiro atoms. The predicted molar refractivity (Wildman–Crippen MR) is 96.8 cm³/mol. The third-order valence-corrected chi connectivity index (χ3v) is 5.13. The number of fused-ring (bicyclic) bond motifs is 1. The highest BCUT2D eigenvalue weighted by Crippen LogP contribution is 2.36. The van der Waals surface area contributed by atoms with Crippen molar-refractivity contribution in [2.45, 2.75) is 38.9 Å². The van der Waals surface area contributed by atoms with Gasteiger partial charge in [0.15, 0.2) is 0 Å². The molecule has 5 heteroatoms. The molecule has 0 atom stereocenters. The average molecular weight is 320 g/mol. The van der Waals surface area contributed by atoms with E-state index in [0.717, 1.165) is 11.2 Å². The molecule has 0 unspecified atom stereocenters. The van der Waals surface area contributed by atoms with Crippen molar-refractivity contribution in [3.05, 3.63) is 54.9 Å². The normalized spacial score (nSPS) is 19.1. The van der Waals surface area contributed by atoms with Gasteiger partial charge in [0, 0.05) is 17.9 Å². The second-order valence-corrected chi connectivity index (χ2v) is 7.34. The maximum absolute atomic E-state index is 6.09. The standard InChI is InChI=1S/C19H21BN2O2/c1-18(2)19(3,4)24-20(23-18)16-12-21-22(13-16)17-10-9-14-7-5-6-8-15(14)11-17/h5-13H,1-4H3. The molecule has 0 aliphatic carbocycles. The van der Waals surface area contributed by atoms with Gasteiger partial charge in [-0.2, -0.15) is 5.10 Å². The van der Waals surface area contributed by atoms with Crippen molar-refractivity contribution in [1.82, 2.24) is 9.78 Å². The largest absolute Gasteiger partial charge is 0.498 e. The molecule has 0 radical (unpaired) electrons. The third kappa shape index (κ3) is 2.45. The molecule has 1 aromatic heterocycles. The first-order chi connectivity index (χ1) is 11.4. The molecule has 3 aromatic rings. The van der Waals surface area contributed by atoms with Crippen LogP contribution in [-0.4, -0.2) is 28.1 Å². The van der Waals surface area contributed by atoms with Crippen LogP contribution in [-0.2, 0) is 9.31 Å². The number of rotatable bonds is 2. The van der Waals surface area contributed by atoms with Crippen molar-refractivity contribution in [3.63, 3.8) is 0 Å². The molecule has 1 aliphatic heterocycles. The number of hydrogen-bond acceptors (Lipinski definition) is 3. The van der Waals surface area contributed by atoms with Gasteiger partial charge >= 0.3 is 7.12 Å². The molecule has 2 heterocycles. The first-order valence-corrected chi connectivity index (χ1v) is 8.25. The summed E-state index contributed by atoms with van der Waals surface area (Å²) in [5, 5.41) is 6.91. The molecule has 0 bridgehead atoms. The molecule has 1 saturated heterocycles. The van der Waals surface area contributed by atoms with Crippen LogP contribution in [0.1, 0.15) is 27.7 Å². The van der Waals surface area contributed by atoms with Gasteiger partial charge in [0.25, 0.3) is 0 Å². The Morgan fingerprint density at radius 3 is 2.29 bits per heavy atom. The van der Waals surface area contributed by atoms with Crippen LogP contribution in [0.2, 0.25) is 0 Å². The van der Waals surface area contributed by atoms with E-state index < -0.39 is 0 Å². The predicted octanol–water partition coefficient (Wildman–Crippen LogP) is 3.32. The van der Waals surface area contributed by atoms with Gasteiger partial charge in [-0.15, -0.1) is 0 Å². The van der Waals surface area contributed by atoms with Gasteiger partial charge in [-0.25, -0.2) is 4.68 Å². The molecule has 0 amide bonds. The van der Waals surface area contributed by atoms with Crippen LogP contribution >= 0.6 is 0 Å². The summed E-state index contributed by atoms with van der Waals surface area (Å²) in [7, 11) is -0.385. The average Bonchev–Trinajstić information content (AvgIpc) is 3.10. The SMILES string of the molecule is CC1(C)OB(c2cnn(-c3ccc4ccccc4c3)c2)OC1(C)C. The Kier molecular flexibility index (Phi) is 3.34. The number of benzene rings is 2. The van der Waals surface area contributed by atoms with Crippen LogP contribution in [0.15, 0.2) is 54.9 Å². The lowest BCUT2D eigenvalue weighted by atomic mass is 9.82. The summed E-state index contributed by atoms with van der Waals surface area (Å²) in [5.74, 6) is 0. The maximum atomic E-state index is 6.09. The smallest absolute Gasteiger partial charge is 0.399 e.